The Morgan fingerprint density at radius 2 is 1.67 bits per heavy atom. The van der Waals surface area contributed by atoms with Gasteiger partial charge in [0.05, 0.1) is 12.1 Å². The van der Waals surface area contributed by atoms with E-state index in [1.807, 2.05) is 13.8 Å². The normalized spacial score (nSPS) is 28.9. The maximum absolute atomic E-state index is 9.06. The van der Waals surface area contributed by atoms with Crippen LogP contribution in [-0.2, 0) is 0 Å². The van der Waals surface area contributed by atoms with Gasteiger partial charge in [-0.05, 0) is 50.4 Å². The second-order valence-corrected chi connectivity index (χ2v) is 6.83. The van der Waals surface area contributed by atoms with Crippen molar-refractivity contribution in [1.29, 1.82) is 5.26 Å². The minimum atomic E-state index is -0.624. The molecule has 0 radical (unpaired) electrons. The lowest BCUT2D eigenvalue weighted by Gasteiger charge is -2.35. The molecule has 1 aliphatic rings. The molecule has 1 atom stereocenters. The Hall–Kier alpha value is -0.910. The fraction of sp³-hybridized carbons (Fsp3) is 0.933. The van der Waals surface area contributed by atoms with Crippen LogP contribution in [0, 0.1) is 22.7 Å². The van der Waals surface area contributed by atoms with Crippen LogP contribution in [0.1, 0.15) is 66.7 Å². The molecule has 0 aromatic heterocycles. The maximum atomic E-state index is 9.06. The zero-order chi connectivity index (χ0) is 13.8. The Morgan fingerprint density at radius 3 is 2.06 bits per heavy atom. The monoisotopic (exact) mass is 249 g/mol. The topological polar surface area (TPSA) is 48.5 Å². The highest BCUT2D eigenvalue weighted by Gasteiger charge is 2.30. The van der Waals surface area contributed by atoms with Gasteiger partial charge in [-0.25, -0.2) is 0 Å². The van der Waals surface area contributed by atoms with Crippen LogP contribution < -0.4 is 0 Å². The van der Waals surface area contributed by atoms with Crippen molar-refractivity contribution in [3.63, 3.8) is 0 Å². The summed E-state index contributed by atoms with van der Waals surface area (Å²) >= 11 is 0. The molecule has 0 spiro atoms. The Kier molecular flexibility index (Phi) is 4.90. The molecule has 1 fully saturated rings. The molecule has 0 heterocycles. The lowest BCUT2D eigenvalue weighted by Crippen LogP contribution is -2.27. The highest BCUT2D eigenvalue weighted by atomic mass is 15.2. The van der Waals surface area contributed by atoms with E-state index >= 15 is 0 Å². The molecule has 3 heteroatoms. The molecule has 0 saturated heterocycles. The Balaban J connectivity index is 2.50. The molecule has 3 nitrogen and oxygen atoms in total. The lowest BCUT2D eigenvalue weighted by molar-refractivity contribution is 0.168. The molecule has 0 bridgehead atoms. The highest BCUT2D eigenvalue weighted by Crippen LogP contribution is 2.38. The summed E-state index contributed by atoms with van der Waals surface area (Å²) in [7, 11) is 0. The number of rotatable bonds is 3. The van der Waals surface area contributed by atoms with E-state index in [-0.39, 0.29) is 0 Å². The third-order valence-electron chi connectivity index (χ3n) is 4.29. The van der Waals surface area contributed by atoms with E-state index in [1.54, 1.807) is 0 Å². The molecular weight excluding hydrogens is 222 g/mol. The number of hydrogen-bond donors (Lipinski definition) is 0. The lowest BCUT2D eigenvalue weighted by atomic mass is 9.71. The van der Waals surface area contributed by atoms with Gasteiger partial charge >= 0.3 is 0 Å². The number of hydrogen-bond acceptors (Lipinski definition) is 3. The largest absolute Gasteiger partial charge is 0.196 e. The molecule has 0 amide bonds. The smallest absolute Gasteiger partial charge is 0.164 e. The van der Waals surface area contributed by atoms with Crippen LogP contribution in [-0.4, -0.2) is 11.6 Å². The second-order valence-electron chi connectivity index (χ2n) is 6.83. The van der Waals surface area contributed by atoms with E-state index < -0.39 is 5.54 Å². The van der Waals surface area contributed by atoms with E-state index in [4.69, 9.17) is 5.26 Å². The van der Waals surface area contributed by atoms with E-state index in [1.165, 1.54) is 12.8 Å². The SMILES string of the molecule is CCC(C)(C#N)N=NC1CCC(C(C)(C)C)CC1. The van der Waals surface area contributed by atoms with Crippen molar-refractivity contribution < 1.29 is 0 Å². The Morgan fingerprint density at radius 1 is 1.11 bits per heavy atom. The Bertz CT molecular complexity index is 327. The molecular formula is C15H27N3. The summed E-state index contributed by atoms with van der Waals surface area (Å²) in [5.41, 5.74) is -0.215. The predicted molar refractivity (Wildman–Crippen MR) is 74.4 cm³/mol. The zero-order valence-corrected chi connectivity index (χ0v) is 12.5. The van der Waals surface area contributed by atoms with Gasteiger partial charge in [-0.3, -0.25) is 0 Å². The van der Waals surface area contributed by atoms with Crippen molar-refractivity contribution in [3.05, 3.63) is 0 Å². The minimum Gasteiger partial charge on any atom is -0.196 e. The van der Waals surface area contributed by atoms with Crippen LogP contribution >= 0.6 is 0 Å². The second kappa shape index (κ2) is 5.82. The summed E-state index contributed by atoms with van der Waals surface area (Å²) in [6, 6.07) is 2.58. The molecule has 0 N–H and O–H groups in total. The first-order valence-corrected chi connectivity index (χ1v) is 7.14. The van der Waals surface area contributed by atoms with E-state index in [2.05, 4.69) is 37.1 Å². The summed E-state index contributed by atoms with van der Waals surface area (Å²) in [6.07, 6.45) is 5.45. The van der Waals surface area contributed by atoms with Gasteiger partial charge in [0.2, 0.25) is 0 Å². The summed E-state index contributed by atoms with van der Waals surface area (Å²) in [5.74, 6) is 0.803. The predicted octanol–water partition coefficient (Wildman–Crippen LogP) is 4.74. The van der Waals surface area contributed by atoms with Crippen LogP contribution in [0.5, 0.6) is 0 Å². The maximum Gasteiger partial charge on any atom is 0.164 e. The first-order chi connectivity index (χ1) is 8.30. The summed E-state index contributed by atoms with van der Waals surface area (Å²) in [5, 5.41) is 17.7. The van der Waals surface area contributed by atoms with Crippen molar-refractivity contribution >= 4 is 0 Å². The van der Waals surface area contributed by atoms with Gasteiger partial charge in [0, 0.05) is 0 Å². The van der Waals surface area contributed by atoms with Gasteiger partial charge in [0.1, 0.15) is 0 Å². The first kappa shape index (κ1) is 15.1. The average Bonchev–Trinajstić information content (AvgIpc) is 2.35. The molecule has 18 heavy (non-hydrogen) atoms. The minimum absolute atomic E-state index is 0.336. The average molecular weight is 249 g/mol. The summed E-state index contributed by atoms with van der Waals surface area (Å²) in [6.45, 7) is 10.8. The van der Waals surface area contributed by atoms with Gasteiger partial charge in [-0.15, -0.1) is 0 Å². The van der Waals surface area contributed by atoms with E-state index in [0.717, 1.165) is 25.2 Å². The number of nitriles is 1. The van der Waals surface area contributed by atoms with Gasteiger partial charge in [-0.1, -0.05) is 27.7 Å². The van der Waals surface area contributed by atoms with Crippen LogP contribution in [0.2, 0.25) is 0 Å². The highest BCUT2D eigenvalue weighted by molar-refractivity contribution is 5.02. The third kappa shape index (κ3) is 4.08. The molecule has 1 aliphatic carbocycles. The van der Waals surface area contributed by atoms with Crippen molar-refractivity contribution in [3.8, 4) is 6.07 Å². The van der Waals surface area contributed by atoms with Crippen molar-refractivity contribution in [2.24, 2.45) is 21.6 Å². The van der Waals surface area contributed by atoms with Crippen molar-refractivity contribution in [2.75, 3.05) is 0 Å². The standard InChI is InChI=1S/C15H27N3/c1-6-15(5,11-16)18-17-13-9-7-12(8-10-13)14(2,3)4/h12-13H,6-10H2,1-5H3. The fourth-order valence-corrected chi connectivity index (χ4v) is 2.44. The van der Waals surface area contributed by atoms with Crippen LogP contribution in [0.4, 0.5) is 0 Å². The van der Waals surface area contributed by atoms with E-state index in [9.17, 15) is 0 Å². The van der Waals surface area contributed by atoms with Gasteiger partial charge in [-0.2, -0.15) is 15.5 Å². The van der Waals surface area contributed by atoms with Crippen LogP contribution in [0.3, 0.4) is 0 Å². The van der Waals surface area contributed by atoms with Gasteiger partial charge in [0.25, 0.3) is 0 Å². The summed E-state index contributed by atoms with van der Waals surface area (Å²) in [4.78, 5) is 0. The molecule has 1 saturated carbocycles. The van der Waals surface area contributed by atoms with Crippen LogP contribution in [0.25, 0.3) is 0 Å². The van der Waals surface area contributed by atoms with Crippen molar-refractivity contribution in [2.45, 2.75) is 78.3 Å². The molecule has 102 valence electrons. The Labute approximate surface area is 112 Å². The fourth-order valence-electron chi connectivity index (χ4n) is 2.44. The van der Waals surface area contributed by atoms with Crippen molar-refractivity contribution in [1.82, 2.24) is 0 Å². The van der Waals surface area contributed by atoms with Crippen LogP contribution in [0.15, 0.2) is 10.2 Å². The quantitative estimate of drug-likeness (QED) is 0.667. The summed E-state index contributed by atoms with van der Waals surface area (Å²) < 4.78 is 0. The molecule has 0 aromatic carbocycles. The third-order valence-corrected chi connectivity index (χ3v) is 4.29. The molecule has 1 unspecified atom stereocenters. The number of azo groups is 1. The zero-order valence-electron chi connectivity index (χ0n) is 12.5. The van der Waals surface area contributed by atoms with E-state index in [0.29, 0.717) is 11.5 Å². The molecule has 0 aromatic rings. The first-order valence-electron chi connectivity index (χ1n) is 7.14. The number of nitrogens with zero attached hydrogens (tertiary/aromatic N) is 3. The van der Waals surface area contributed by atoms with Gasteiger partial charge in [0.15, 0.2) is 5.54 Å². The molecule has 1 rings (SSSR count). The molecule has 0 aliphatic heterocycles. The van der Waals surface area contributed by atoms with Gasteiger partial charge < -0.3 is 0 Å².